The van der Waals surface area contributed by atoms with Crippen LogP contribution in [0.5, 0.6) is 0 Å². The smallest absolute Gasteiger partial charge is 0.200 e. The third-order valence-corrected chi connectivity index (χ3v) is 9.71. The van der Waals surface area contributed by atoms with Gasteiger partial charge >= 0.3 is 15.6 Å². The number of rotatable bonds is 5. The van der Waals surface area contributed by atoms with Crippen molar-refractivity contribution in [2.24, 2.45) is 0 Å². The summed E-state index contributed by atoms with van der Waals surface area (Å²) in [4.78, 5) is 1.16. The number of hydrogen-bond acceptors (Lipinski definition) is 3. The maximum atomic E-state index is 13.5. The van der Waals surface area contributed by atoms with Crippen molar-refractivity contribution in [1.29, 1.82) is 0 Å². The van der Waals surface area contributed by atoms with E-state index in [0.29, 0.717) is 25.8 Å². The first-order valence-electron chi connectivity index (χ1n) is 9.03. The lowest BCUT2D eigenvalue weighted by Crippen LogP contribution is -2.28. The third kappa shape index (κ3) is 3.99. The molecule has 8 heteroatoms. The number of alkyl halides is 3. The Morgan fingerprint density at radius 1 is 0.733 bits per heavy atom. The Morgan fingerprint density at radius 3 is 1.50 bits per heavy atom. The summed E-state index contributed by atoms with van der Waals surface area (Å²) in [6.45, 7) is 5.39. The minimum absolute atomic E-state index is 0.360. The van der Waals surface area contributed by atoms with Crippen LogP contribution in [0.3, 0.4) is 0 Å². The van der Waals surface area contributed by atoms with Crippen LogP contribution in [0.2, 0.25) is 0 Å². The van der Waals surface area contributed by atoms with Crippen LogP contribution in [0.1, 0.15) is 16.7 Å². The van der Waals surface area contributed by atoms with E-state index in [1.54, 1.807) is 74.5 Å². The van der Waals surface area contributed by atoms with Crippen LogP contribution >= 0.6 is 10.3 Å². The van der Waals surface area contributed by atoms with Crippen molar-refractivity contribution in [2.45, 2.75) is 41.0 Å². The summed E-state index contributed by atoms with van der Waals surface area (Å²) in [7, 11) is -9.17. The summed E-state index contributed by atoms with van der Waals surface area (Å²) in [5, 5.41) is 0. The molecule has 30 heavy (non-hydrogen) atoms. The molecule has 0 aliphatic carbocycles. The molecule has 0 heterocycles. The first kappa shape index (κ1) is 22.4. The average Bonchev–Trinajstić information content (AvgIpc) is 2.66. The number of hydrogen-bond donors (Lipinski definition) is 0. The molecule has 0 aliphatic rings. The van der Waals surface area contributed by atoms with Gasteiger partial charge in [-0.3, -0.25) is 0 Å². The van der Waals surface area contributed by atoms with Gasteiger partial charge in [-0.1, -0.05) is 54.1 Å². The van der Waals surface area contributed by atoms with Crippen LogP contribution in [0.25, 0.3) is 0 Å². The van der Waals surface area contributed by atoms with E-state index >= 15 is 0 Å². The Morgan fingerprint density at radius 2 is 1.13 bits per heavy atom. The minimum Gasteiger partial charge on any atom is -0.200 e. The lowest BCUT2D eigenvalue weighted by atomic mass is 10.1. The molecule has 0 spiro atoms. The van der Waals surface area contributed by atoms with Crippen molar-refractivity contribution in [1.82, 2.24) is 0 Å². The Balaban J connectivity index is 2.49. The molecular formula is C22H21F3O3S2. The van der Waals surface area contributed by atoms with Crippen molar-refractivity contribution < 1.29 is 25.2 Å². The van der Waals surface area contributed by atoms with E-state index < -0.39 is 25.9 Å². The van der Waals surface area contributed by atoms with Crippen LogP contribution in [0.15, 0.2) is 87.5 Å². The summed E-state index contributed by atoms with van der Waals surface area (Å²) in [5.74, 6) is 0. The molecule has 3 aromatic rings. The normalized spacial score (nSPS) is 13.3. The van der Waals surface area contributed by atoms with Gasteiger partial charge in [0.05, 0.1) is 0 Å². The molecule has 0 aromatic heterocycles. The Bertz CT molecular complexity index is 1080. The van der Waals surface area contributed by atoms with E-state index in [9.17, 15) is 21.6 Å². The zero-order chi connectivity index (χ0) is 22.2. The molecule has 160 valence electrons. The fourth-order valence-corrected chi connectivity index (χ4v) is 8.64. The lowest BCUT2D eigenvalue weighted by Gasteiger charge is -2.41. The minimum atomic E-state index is -5.91. The average molecular weight is 455 g/mol. The van der Waals surface area contributed by atoms with E-state index in [1.807, 2.05) is 19.1 Å². The molecule has 0 fully saturated rings. The van der Waals surface area contributed by atoms with Gasteiger partial charge in [0.15, 0.2) is 0 Å². The van der Waals surface area contributed by atoms with Crippen molar-refractivity contribution in [3.63, 3.8) is 0 Å². The van der Waals surface area contributed by atoms with Crippen molar-refractivity contribution in [2.75, 3.05) is 0 Å². The van der Waals surface area contributed by atoms with Crippen molar-refractivity contribution in [3.05, 3.63) is 89.5 Å². The summed E-state index contributed by atoms with van der Waals surface area (Å²) in [6.07, 6.45) is 0. The van der Waals surface area contributed by atoms with Crippen LogP contribution in [-0.4, -0.2) is 13.9 Å². The van der Waals surface area contributed by atoms with E-state index in [4.69, 9.17) is 3.63 Å². The molecular weight excluding hydrogens is 433 g/mol. The Kier molecular flexibility index (Phi) is 6.04. The topological polar surface area (TPSA) is 43.4 Å². The fourth-order valence-electron chi connectivity index (χ4n) is 3.50. The van der Waals surface area contributed by atoms with Crippen LogP contribution in [0.4, 0.5) is 13.2 Å². The molecule has 3 aromatic carbocycles. The highest BCUT2D eigenvalue weighted by atomic mass is 32.3. The summed E-state index contributed by atoms with van der Waals surface area (Å²) < 4.78 is 70.4. The Hall–Kier alpha value is -2.29. The molecule has 0 bridgehead atoms. The van der Waals surface area contributed by atoms with Crippen LogP contribution in [-0.2, 0) is 13.7 Å². The van der Waals surface area contributed by atoms with Gasteiger partial charge in [0, 0.05) is 14.7 Å². The third-order valence-electron chi connectivity index (χ3n) is 4.52. The number of halogens is 3. The monoisotopic (exact) mass is 454 g/mol. The molecule has 0 saturated carbocycles. The molecule has 0 radical (unpaired) electrons. The molecule has 0 unspecified atom stereocenters. The second-order valence-electron chi connectivity index (χ2n) is 6.88. The second-order valence-corrected chi connectivity index (χ2v) is 11.3. The van der Waals surface area contributed by atoms with Gasteiger partial charge in [0.25, 0.3) is 0 Å². The van der Waals surface area contributed by atoms with Gasteiger partial charge in [-0.25, -0.2) is 0 Å². The second kappa shape index (κ2) is 8.09. The van der Waals surface area contributed by atoms with Gasteiger partial charge < -0.3 is 0 Å². The standard InChI is InChI=1S/C22H21F3O3S2/c1-16-14-17(2)21(18(3)15-16)29(19-10-6-4-7-11-19,20-12-8-5-9-13-20)28-30(26,27)22(23,24)25/h4-15H,1-3H3. The first-order chi connectivity index (χ1) is 14.0. The predicted octanol–water partition coefficient (Wildman–Crippen LogP) is 6.67. The largest absolute Gasteiger partial charge is 0.524 e. The summed E-state index contributed by atoms with van der Waals surface area (Å²) in [5.41, 5.74) is -3.32. The molecule has 0 atom stereocenters. The SMILES string of the molecule is Cc1cc(C)c(S(OS(=O)(=O)C(F)(F)F)(c2ccccc2)c2ccccc2)c(C)c1. The molecule has 3 nitrogen and oxygen atoms in total. The maximum absolute atomic E-state index is 13.5. The lowest BCUT2D eigenvalue weighted by molar-refractivity contribution is -0.0496. The van der Waals surface area contributed by atoms with Gasteiger partial charge in [0.1, 0.15) is 0 Å². The van der Waals surface area contributed by atoms with Crippen molar-refractivity contribution >= 4 is 20.4 Å². The van der Waals surface area contributed by atoms with Gasteiger partial charge in [-0.2, -0.15) is 25.2 Å². The van der Waals surface area contributed by atoms with Crippen molar-refractivity contribution in [3.8, 4) is 0 Å². The number of aryl methyl sites for hydroxylation is 3. The highest BCUT2D eigenvalue weighted by Gasteiger charge is 2.53. The predicted molar refractivity (Wildman–Crippen MR) is 112 cm³/mol. The van der Waals surface area contributed by atoms with Crippen LogP contribution < -0.4 is 0 Å². The van der Waals surface area contributed by atoms with Gasteiger partial charge in [0.2, 0.25) is 0 Å². The van der Waals surface area contributed by atoms with E-state index in [1.165, 1.54) is 0 Å². The maximum Gasteiger partial charge on any atom is 0.524 e. The number of benzene rings is 3. The van der Waals surface area contributed by atoms with Crippen LogP contribution in [0, 0.1) is 20.8 Å². The van der Waals surface area contributed by atoms with E-state index in [-0.39, 0.29) is 0 Å². The van der Waals surface area contributed by atoms with E-state index in [2.05, 4.69) is 0 Å². The van der Waals surface area contributed by atoms with E-state index in [0.717, 1.165) is 5.56 Å². The molecule has 0 amide bonds. The highest BCUT2D eigenvalue weighted by Crippen LogP contribution is 2.72. The summed E-state index contributed by atoms with van der Waals surface area (Å²) >= 11 is 0. The molecule has 3 rings (SSSR count). The quantitative estimate of drug-likeness (QED) is 0.404. The van der Waals surface area contributed by atoms with Gasteiger partial charge in [-0.15, -0.1) is 0 Å². The first-order valence-corrected chi connectivity index (χ1v) is 12.0. The molecule has 0 N–H and O–H groups in total. The zero-order valence-electron chi connectivity index (χ0n) is 16.6. The fraction of sp³-hybridized carbons (Fsp3) is 0.182. The molecule has 0 saturated heterocycles. The summed E-state index contributed by atoms with van der Waals surface area (Å²) in [6, 6.07) is 20.1. The Labute approximate surface area is 176 Å². The highest BCUT2D eigenvalue weighted by molar-refractivity contribution is 8.33. The zero-order valence-corrected chi connectivity index (χ0v) is 18.2. The van der Waals surface area contributed by atoms with Gasteiger partial charge in [-0.05, 0) is 66.5 Å². The molecule has 0 aliphatic heterocycles.